The Balaban J connectivity index is 1.31. The van der Waals surface area contributed by atoms with E-state index in [-0.39, 0.29) is 22.5 Å². The molecule has 6 rings (SSSR count). The zero-order chi connectivity index (χ0) is 38.4. The molecule has 0 fully saturated rings. The number of aliphatic carboxylic acids is 2. The number of hydrogen-bond acceptors (Lipinski definition) is 6. The van der Waals surface area contributed by atoms with Crippen molar-refractivity contribution in [2.24, 2.45) is 0 Å². The van der Waals surface area contributed by atoms with Crippen molar-refractivity contribution in [1.82, 2.24) is 9.13 Å². The van der Waals surface area contributed by atoms with Crippen molar-refractivity contribution in [3.8, 4) is 22.3 Å². The largest absolute Gasteiger partial charge is 0.480 e. The zero-order valence-corrected chi connectivity index (χ0v) is 28.4. The number of nitrogens with zero attached hydrogens (tertiary/aromatic N) is 2. The Hall–Kier alpha value is -7.41. The van der Waals surface area contributed by atoms with E-state index >= 15 is 4.39 Å². The Morgan fingerprint density at radius 1 is 0.574 bits per heavy atom. The summed E-state index contributed by atoms with van der Waals surface area (Å²) < 4.78 is 17.0. The topological polar surface area (TPSA) is 177 Å². The fraction of sp³-hybridized carbons (Fsp3) is 0.0732. The standard InChI is InChI=1S/C41H31FN4O8/c42-35-11-4-3-10-34(35)29-17-25(18-30(20-29)41(54)44-32-13-15-37(48)46(22-32)24-39(51)52)16-26-6-1-2-9-33(26)27-7-5-8-28(19-27)40(53)43-31-12-14-36(47)45(21-31)23-38(49)50/h1-15,17-22H,16,23-24H2,(H,43,53)(H,44,54)(H,49,50)(H,51,52). The maximum atomic E-state index is 15.1. The number of carbonyl (C=O) groups is 4. The number of pyridine rings is 2. The maximum absolute atomic E-state index is 15.1. The molecule has 0 aliphatic carbocycles. The van der Waals surface area contributed by atoms with Crippen LogP contribution in [0.15, 0.2) is 137 Å². The number of aromatic nitrogens is 2. The first-order chi connectivity index (χ1) is 25.9. The first kappa shape index (κ1) is 36.4. The summed E-state index contributed by atoms with van der Waals surface area (Å²) in [5.74, 6) is -3.97. The van der Waals surface area contributed by atoms with Crippen molar-refractivity contribution < 1.29 is 33.8 Å². The van der Waals surface area contributed by atoms with E-state index in [1.165, 1.54) is 36.7 Å². The molecule has 0 saturated heterocycles. The van der Waals surface area contributed by atoms with Gasteiger partial charge in [0.2, 0.25) is 0 Å². The Labute approximate surface area is 306 Å². The fourth-order valence-electron chi connectivity index (χ4n) is 5.94. The van der Waals surface area contributed by atoms with Crippen molar-refractivity contribution in [2.45, 2.75) is 19.5 Å². The molecular weight excluding hydrogens is 695 g/mol. The van der Waals surface area contributed by atoms with E-state index in [4.69, 9.17) is 10.2 Å². The first-order valence-corrected chi connectivity index (χ1v) is 16.5. The summed E-state index contributed by atoms with van der Waals surface area (Å²) in [6.45, 7) is -1.15. The lowest BCUT2D eigenvalue weighted by atomic mass is 9.91. The number of carboxylic acid groups (broad SMARTS) is 2. The highest BCUT2D eigenvalue weighted by Crippen LogP contribution is 2.30. The van der Waals surface area contributed by atoms with Gasteiger partial charge in [-0.25, -0.2) is 4.39 Å². The van der Waals surface area contributed by atoms with E-state index in [0.29, 0.717) is 28.7 Å². The van der Waals surface area contributed by atoms with Gasteiger partial charge in [0.15, 0.2) is 0 Å². The van der Waals surface area contributed by atoms with Crippen molar-refractivity contribution in [3.05, 3.63) is 176 Å². The molecular formula is C41H31FN4O8. The lowest BCUT2D eigenvalue weighted by molar-refractivity contribution is -0.138. The number of carbonyl (C=O) groups excluding carboxylic acids is 2. The number of halogens is 1. The number of hydrogen-bond donors (Lipinski definition) is 4. The predicted octanol–water partition coefficient (Wildman–Crippen LogP) is 5.75. The summed E-state index contributed by atoms with van der Waals surface area (Å²) in [7, 11) is 0. The summed E-state index contributed by atoms with van der Waals surface area (Å²) in [6.07, 6.45) is 2.79. The predicted molar refractivity (Wildman–Crippen MR) is 199 cm³/mol. The average molecular weight is 727 g/mol. The number of carboxylic acids is 2. The van der Waals surface area contributed by atoms with Crippen LogP contribution in [0.1, 0.15) is 31.8 Å². The van der Waals surface area contributed by atoms with Gasteiger partial charge in [-0.15, -0.1) is 0 Å². The monoisotopic (exact) mass is 726 g/mol. The number of amides is 2. The Morgan fingerprint density at radius 2 is 1.13 bits per heavy atom. The first-order valence-electron chi connectivity index (χ1n) is 16.5. The molecule has 270 valence electrons. The summed E-state index contributed by atoms with van der Waals surface area (Å²) in [4.78, 5) is 73.4. The molecule has 4 N–H and O–H groups in total. The van der Waals surface area contributed by atoms with Gasteiger partial charge in [0.05, 0.1) is 11.4 Å². The third-order valence-corrected chi connectivity index (χ3v) is 8.38. The van der Waals surface area contributed by atoms with Crippen LogP contribution >= 0.6 is 0 Å². The number of nitrogens with one attached hydrogen (secondary N) is 2. The van der Waals surface area contributed by atoms with Crippen LogP contribution in [0.4, 0.5) is 15.8 Å². The minimum Gasteiger partial charge on any atom is -0.480 e. The molecule has 6 aromatic rings. The van der Waals surface area contributed by atoms with Gasteiger partial charge in [0.1, 0.15) is 18.9 Å². The Morgan fingerprint density at radius 3 is 1.74 bits per heavy atom. The van der Waals surface area contributed by atoms with Gasteiger partial charge in [0.25, 0.3) is 22.9 Å². The molecule has 0 aliphatic heterocycles. The van der Waals surface area contributed by atoms with Crippen molar-refractivity contribution in [2.75, 3.05) is 10.6 Å². The molecule has 0 aliphatic rings. The smallest absolute Gasteiger partial charge is 0.323 e. The molecule has 54 heavy (non-hydrogen) atoms. The van der Waals surface area contributed by atoms with Crippen LogP contribution in [-0.2, 0) is 29.1 Å². The van der Waals surface area contributed by atoms with Crippen molar-refractivity contribution in [3.63, 3.8) is 0 Å². The second-order valence-electron chi connectivity index (χ2n) is 12.3. The van der Waals surface area contributed by atoms with Crippen molar-refractivity contribution in [1.29, 1.82) is 0 Å². The van der Waals surface area contributed by atoms with Gasteiger partial charge in [-0.2, -0.15) is 0 Å². The van der Waals surface area contributed by atoms with E-state index in [9.17, 15) is 28.8 Å². The molecule has 0 atom stereocenters. The van der Waals surface area contributed by atoms with Crippen LogP contribution in [0, 0.1) is 5.82 Å². The van der Waals surface area contributed by atoms with Crippen LogP contribution in [-0.4, -0.2) is 43.1 Å². The van der Waals surface area contributed by atoms with Gasteiger partial charge < -0.3 is 30.0 Å². The highest BCUT2D eigenvalue weighted by atomic mass is 19.1. The summed E-state index contributed by atoms with van der Waals surface area (Å²) in [5.41, 5.74) is 3.53. The fourth-order valence-corrected chi connectivity index (χ4v) is 5.94. The molecule has 0 saturated carbocycles. The number of benzene rings is 4. The van der Waals surface area contributed by atoms with Gasteiger partial charge >= 0.3 is 11.9 Å². The minimum atomic E-state index is -1.22. The Bertz CT molecular complexity index is 2560. The second-order valence-corrected chi connectivity index (χ2v) is 12.3. The third-order valence-electron chi connectivity index (χ3n) is 8.38. The summed E-state index contributed by atoms with van der Waals surface area (Å²) in [5, 5.41) is 23.7. The molecule has 12 nitrogen and oxygen atoms in total. The van der Waals surface area contributed by atoms with Gasteiger partial charge in [-0.05, 0) is 76.7 Å². The van der Waals surface area contributed by atoms with E-state index < -0.39 is 53.8 Å². The zero-order valence-electron chi connectivity index (χ0n) is 28.4. The third kappa shape index (κ3) is 8.72. The minimum absolute atomic E-state index is 0.188. The van der Waals surface area contributed by atoms with Gasteiger partial charge in [-0.1, -0.05) is 60.7 Å². The highest BCUT2D eigenvalue weighted by molar-refractivity contribution is 6.06. The van der Waals surface area contributed by atoms with E-state index in [1.54, 1.807) is 54.6 Å². The van der Waals surface area contributed by atoms with Crippen LogP contribution in [0.2, 0.25) is 0 Å². The van der Waals surface area contributed by atoms with Crippen LogP contribution in [0.5, 0.6) is 0 Å². The molecule has 13 heteroatoms. The molecule has 0 unspecified atom stereocenters. The molecule has 0 spiro atoms. The lowest BCUT2D eigenvalue weighted by Crippen LogP contribution is -2.24. The SMILES string of the molecule is O=C(O)Cn1cc(NC(=O)c2cc(Cc3ccccc3-c3cccc(C(=O)Nc4ccc(=O)n(CC(=O)O)c4)c3)cc(-c3ccccc3F)c2)ccc1=O. The van der Waals surface area contributed by atoms with Gasteiger partial charge in [-0.3, -0.25) is 28.8 Å². The number of rotatable bonds is 12. The normalized spacial score (nSPS) is 10.8. The number of anilines is 2. The molecule has 0 bridgehead atoms. The summed E-state index contributed by atoms with van der Waals surface area (Å²) >= 11 is 0. The van der Waals surface area contributed by atoms with E-state index in [1.807, 2.05) is 30.3 Å². The van der Waals surface area contributed by atoms with Crippen LogP contribution in [0.25, 0.3) is 22.3 Å². The van der Waals surface area contributed by atoms with Crippen molar-refractivity contribution >= 4 is 35.1 Å². The summed E-state index contributed by atoms with van der Waals surface area (Å²) in [6, 6.07) is 30.6. The molecule has 2 amide bonds. The van der Waals surface area contributed by atoms with Gasteiger partial charge in [0, 0.05) is 41.2 Å². The molecule has 0 radical (unpaired) electrons. The van der Waals surface area contributed by atoms with E-state index in [0.717, 1.165) is 26.3 Å². The quantitative estimate of drug-likeness (QED) is 0.123. The Kier molecular flexibility index (Phi) is 10.7. The molecule has 2 heterocycles. The molecule has 4 aromatic carbocycles. The lowest BCUT2D eigenvalue weighted by Gasteiger charge is -2.15. The maximum Gasteiger partial charge on any atom is 0.323 e. The second kappa shape index (κ2) is 15.9. The van der Waals surface area contributed by atoms with Crippen LogP contribution in [0.3, 0.4) is 0 Å². The van der Waals surface area contributed by atoms with E-state index in [2.05, 4.69) is 10.6 Å². The average Bonchev–Trinajstić information content (AvgIpc) is 3.14. The molecule has 2 aromatic heterocycles. The highest BCUT2D eigenvalue weighted by Gasteiger charge is 2.16. The van der Waals surface area contributed by atoms with Crippen LogP contribution < -0.4 is 21.8 Å².